The third-order valence-corrected chi connectivity index (χ3v) is 3.30. The van der Waals surface area contributed by atoms with E-state index in [1.54, 1.807) is 12.1 Å². The molecule has 2 rings (SSSR count). The highest BCUT2D eigenvalue weighted by molar-refractivity contribution is 7.99. The van der Waals surface area contributed by atoms with E-state index in [4.69, 9.17) is 5.73 Å². The third kappa shape index (κ3) is 3.05. The summed E-state index contributed by atoms with van der Waals surface area (Å²) in [6.07, 6.45) is 1.42. The lowest BCUT2D eigenvalue weighted by atomic mass is 10.1. The van der Waals surface area contributed by atoms with Crippen LogP contribution < -0.4 is 5.73 Å². The first-order valence-electron chi connectivity index (χ1n) is 5.15. The Morgan fingerprint density at radius 1 is 1.56 bits per heavy atom. The van der Waals surface area contributed by atoms with Crippen molar-refractivity contribution in [3.05, 3.63) is 46.3 Å². The number of hydrogen-bond acceptors (Lipinski definition) is 6. The molecule has 1 unspecified atom stereocenters. The fourth-order valence-corrected chi connectivity index (χ4v) is 2.17. The van der Waals surface area contributed by atoms with Gasteiger partial charge in [0.1, 0.15) is 6.33 Å². The van der Waals surface area contributed by atoms with Gasteiger partial charge >= 0.3 is 0 Å². The van der Waals surface area contributed by atoms with Gasteiger partial charge in [-0.3, -0.25) is 15.2 Å². The molecular formula is C10H11N5O2S. The maximum absolute atomic E-state index is 10.7. The number of non-ortho nitro benzene ring substituents is 1. The quantitative estimate of drug-likeness (QED) is 0.481. The van der Waals surface area contributed by atoms with Crippen LogP contribution in [0.15, 0.2) is 35.7 Å². The molecule has 0 saturated carbocycles. The molecule has 0 saturated heterocycles. The predicted octanol–water partition coefficient (Wildman–Crippen LogP) is 1.51. The van der Waals surface area contributed by atoms with Crippen molar-refractivity contribution in [3.8, 4) is 0 Å². The number of nitro groups is 1. The monoisotopic (exact) mass is 265 g/mol. The van der Waals surface area contributed by atoms with Crippen molar-refractivity contribution < 1.29 is 4.92 Å². The standard InChI is InChI=1S/C10H11N5O2S/c11-9(5-18-10-12-6-13-14-10)7-2-1-3-8(4-7)15(16)17/h1-4,6,9H,5,11H2,(H,12,13,14). The Bertz CT molecular complexity index is 531. The lowest BCUT2D eigenvalue weighted by Gasteiger charge is -2.10. The smallest absolute Gasteiger partial charge is 0.269 e. The molecule has 0 bridgehead atoms. The van der Waals surface area contributed by atoms with Crippen molar-refractivity contribution in [1.29, 1.82) is 0 Å². The molecule has 94 valence electrons. The number of nitrogens with one attached hydrogen (secondary N) is 1. The molecule has 0 aliphatic heterocycles. The van der Waals surface area contributed by atoms with Crippen molar-refractivity contribution in [2.45, 2.75) is 11.2 Å². The van der Waals surface area contributed by atoms with Crippen molar-refractivity contribution in [2.75, 3.05) is 5.75 Å². The van der Waals surface area contributed by atoms with Crippen molar-refractivity contribution >= 4 is 17.4 Å². The fourth-order valence-electron chi connectivity index (χ4n) is 1.40. The fraction of sp³-hybridized carbons (Fsp3) is 0.200. The Kier molecular flexibility index (Phi) is 3.90. The Morgan fingerprint density at radius 2 is 2.39 bits per heavy atom. The maximum Gasteiger partial charge on any atom is 0.269 e. The molecule has 1 heterocycles. The lowest BCUT2D eigenvalue weighted by Crippen LogP contribution is -2.13. The molecule has 0 aliphatic rings. The summed E-state index contributed by atoms with van der Waals surface area (Å²) in [5.41, 5.74) is 6.76. The second kappa shape index (κ2) is 5.61. The predicted molar refractivity (Wildman–Crippen MR) is 67.1 cm³/mol. The van der Waals surface area contributed by atoms with E-state index in [2.05, 4.69) is 15.2 Å². The molecule has 0 amide bonds. The van der Waals surface area contributed by atoms with Gasteiger partial charge < -0.3 is 5.73 Å². The van der Waals surface area contributed by atoms with Gasteiger partial charge in [-0.05, 0) is 5.56 Å². The van der Waals surface area contributed by atoms with Crippen LogP contribution in [-0.4, -0.2) is 25.9 Å². The highest BCUT2D eigenvalue weighted by Crippen LogP contribution is 2.22. The van der Waals surface area contributed by atoms with Crippen LogP contribution in [0.5, 0.6) is 0 Å². The maximum atomic E-state index is 10.7. The highest BCUT2D eigenvalue weighted by Gasteiger charge is 2.12. The molecule has 0 aliphatic carbocycles. The number of nitrogens with two attached hydrogens (primary N) is 1. The summed E-state index contributed by atoms with van der Waals surface area (Å²) >= 11 is 1.42. The highest BCUT2D eigenvalue weighted by atomic mass is 32.2. The minimum atomic E-state index is -0.431. The van der Waals surface area contributed by atoms with Crippen molar-refractivity contribution in [3.63, 3.8) is 0 Å². The topological polar surface area (TPSA) is 111 Å². The van der Waals surface area contributed by atoms with Gasteiger partial charge in [0.05, 0.1) is 4.92 Å². The van der Waals surface area contributed by atoms with Gasteiger partial charge in [-0.15, -0.1) is 0 Å². The van der Waals surface area contributed by atoms with Gasteiger partial charge in [-0.2, -0.15) is 5.10 Å². The summed E-state index contributed by atoms with van der Waals surface area (Å²) in [5, 5.41) is 17.8. The number of nitro benzene ring substituents is 1. The second-order valence-electron chi connectivity index (χ2n) is 3.56. The zero-order valence-electron chi connectivity index (χ0n) is 9.31. The van der Waals surface area contributed by atoms with E-state index in [0.29, 0.717) is 10.9 Å². The normalized spacial score (nSPS) is 12.3. The van der Waals surface area contributed by atoms with E-state index in [-0.39, 0.29) is 11.7 Å². The van der Waals surface area contributed by atoms with Crippen molar-refractivity contribution in [2.24, 2.45) is 5.73 Å². The summed E-state index contributed by atoms with van der Waals surface area (Å²) in [6.45, 7) is 0. The summed E-state index contributed by atoms with van der Waals surface area (Å²) in [4.78, 5) is 14.2. The Hall–Kier alpha value is -1.93. The number of hydrogen-bond donors (Lipinski definition) is 2. The van der Waals surface area contributed by atoms with Crippen LogP contribution in [-0.2, 0) is 0 Å². The minimum absolute atomic E-state index is 0.0487. The zero-order valence-corrected chi connectivity index (χ0v) is 10.1. The van der Waals surface area contributed by atoms with Gasteiger partial charge in [-0.25, -0.2) is 4.98 Å². The largest absolute Gasteiger partial charge is 0.323 e. The molecule has 8 heteroatoms. The number of aromatic nitrogens is 3. The molecule has 1 aromatic carbocycles. The molecular weight excluding hydrogens is 254 g/mol. The molecule has 7 nitrogen and oxygen atoms in total. The van der Waals surface area contributed by atoms with Gasteiger partial charge in [0, 0.05) is 23.9 Å². The van der Waals surface area contributed by atoms with Crippen LogP contribution in [0.25, 0.3) is 0 Å². The average molecular weight is 265 g/mol. The molecule has 0 spiro atoms. The first-order valence-corrected chi connectivity index (χ1v) is 6.13. The van der Waals surface area contributed by atoms with E-state index in [1.807, 2.05) is 0 Å². The van der Waals surface area contributed by atoms with Gasteiger partial charge in [0.2, 0.25) is 0 Å². The molecule has 2 aromatic rings. The van der Waals surface area contributed by atoms with Gasteiger partial charge in [0.25, 0.3) is 5.69 Å². The summed E-state index contributed by atoms with van der Waals surface area (Å²) < 4.78 is 0. The van der Waals surface area contributed by atoms with E-state index in [9.17, 15) is 10.1 Å². The third-order valence-electron chi connectivity index (χ3n) is 2.30. The SMILES string of the molecule is NC(CSc1ncn[nH]1)c1cccc([N+](=O)[O-])c1. The summed E-state index contributed by atoms with van der Waals surface area (Å²) in [7, 11) is 0. The van der Waals surface area contributed by atoms with E-state index in [1.165, 1.54) is 30.2 Å². The molecule has 1 aromatic heterocycles. The number of nitrogens with zero attached hydrogens (tertiary/aromatic N) is 3. The van der Waals surface area contributed by atoms with E-state index < -0.39 is 4.92 Å². The van der Waals surface area contributed by atoms with Crippen molar-refractivity contribution in [1.82, 2.24) is 15.2 Å². The number of benzene rings is 1. The van der Waals surface area contributed by atoms with Crippen LogP contribution in [0.4, 0.5) is 5.69 Å². The first-order chi connectivity index (χ1) is 8.66. The average Bonchev–Trinajstić information content (AvgIpc) is 2.89. The lowest BCUT2D eigenvalue weighted by molar-refractivity contribution is -0.384. The zero-order chi connectivity index (χ0) is 13.0. The van der Waals surface area contributed by atoms with E-state index in [0.717, 1.165) is 5.56 Å². The molecule has 18 heavy (non-hydrogen) atoms. The number of aromatic amines is 1. The summed E-state index contributed by atoms with van der Waals surface area (Å²) in [5.74, 6) is 0.566. The van der Waals surface area contributed by atoms with Crippen LogP contribution in [0, 0.1) is 10.1 Å². The van der Waals surface area contributed by atoms with Crippen LogP contribution >= 0.6 is 11.8 Å². The molecule has 3 N–H and O–H groups in total. The van der Waals surface area contributed by atoms with Gasteiger partial charge in [-0.1, -0.05) is 23.9 Å². The van der Waals surface area contributed by atoms with E-state index >= 15 is 0 Å². The molecule has 0 fully saturated rings. The Balaban J connectivity index is 2.02. The van der Waals surface area contributed by atoms with Gasteiger partial charge in [0.15, 0.2) is 5.16 Å². The second-order valence-corrected chi connectivity index (χ2v) is 4.57. The minimum Gasteiger partial charge on any atom is -0.323 e. The Morgan fingerprint density at radius 3 is 3.06 bits per heavy atom. The van der Waals surface area contributed by atoms with Crippen LogP contribution in [0.1, 0.15) is 11.6 Å². The first kappa shape index (κ1) is 12.5. The molecule has 1 atom stereocenters. The Labute approximate surface area is 107 Å². The molecule has 0 radical (unpaired) electrons. The van der Waals surface area contributed by atoms with Crippen LogP contribution in [0.2, 0.25) is 0 Å². The van der Waals surface area contributed by atoms with Crippen LogP contribution in [0.3, 0.4) is 0 Å². The number of rotatable bonds is 5. The summed E-state index contributed by atoms with van der Waals surface area (Å²) in [6, 6.07) is 6.05. The number of thioether (sulfide) groups is 1. The number of H-pyrrole nitrogens is 1.